The van der Waals surface area contributed by atoms with Crippen molar-refractivity contribution in [2.24, 2.45) is 0 Å². The van der Waals surface area contributed by atoms with Crippen LogP contribution in [0.3, 0.4) is 0 Å². The van der Waals surface area contributed by atoms with Crippen LogP contribution in [0, 0.1) is 0 Å². The lowest BCUT2D eigenvalue weighted by molar-refractivity contribution is 0.668. The molecule has 0 aliphatic carbocycles. The van der Waals surface area contributed by atoms with Crippen LogP contribution in [0.2, 0.25) is 0 Å². The van der Waals surface area contributed by atoms with Crippen LogP contribution in [0.4, 0.5) is 17.2 Å². The Labute approximate surface area is 132 Å². The summed E-state index contributed by atoms with van der Waals surface area (Å²) in [5, 5.41) is 2.27. The van der Waals surface area contributed by atoms with Crippen molar-refractivity contribution < 1.29 is 4.42 Å². The van der Waals surface area contributed by atoms with Crippen molar-refractivity contribution in [1.82, 2.24) is 9.97 Å². The van der Waals surface area contributed by atoms with E-state index in [1.807, 2.05) is 31.4 Å². The second-order valence-corrected chi connectivity index (χ2v) is 5.75. The summed E-state index contributed by atoms with van der Waals surface area (Å²) in [5.74, 6) is 0.912. The zero-order chi connectivity index (χ0) is 15.4. The van der Waals surface area contributed by atoms with Gasteiger partial charge in [0.2, 0.25) is 0 Å². The molecular weight excluding hydrogens is 288 g/mol. The van der Waals surface area contributed by atoms with Crippen molar-refractivity contribution in [3.8, 4) is 0 Å². The van der Waals surface area contributed by atoms with Gasteiger partial charge in [-0.05, 0) is 12.1 Å². The van der Waals surface area contributed by atoms with Gasteiger partial charge >= 0.3 is 0 Å². The summed E-state index contributed by atoms with van der Waals surface area (Å²) in [4.78, 5) is 12.9. The second kappa shape index (κ2) is 4.46. The fourth-order valence-corrected chi connectivity index (χ4v) is 3.28. The maximum atomic E-state index is 6.14. The highest BCUT2D eigenvalue weighted by molar-refractivity contribution is 6.09. The van der Waals surface area contributed by atoms with Crippen molar-refractivity contribution >= 4 is 39.1 Å². The largest absolute Gasteiger partial charge is 0.454 e. The zero-order valence-corrected chi connectivity index (χ0v) is 12.6. The molecule has 0 N–H and O–H groups in total. The molecular formula is C18H14N4O. The van der Waals surface area contributed by atoms with Crippen molar-refractivity contribution in [3.05, 3.63) is 55.0 Å². The molecule has 1 aliphatic heterocycles. The number of rotatable bonds is 1. The third-order valence-corrected chi connectivity index (χ3v) is 4.37. The third kappa shape index (κ3) is 1.67. The van der Waals surface area contributed by atoms with E-state index in [9.17, 15) is 0 Å². The number of fused-ring (bicyclic) bond motifs is 4. The molecule has 0 atom stereocenters. The van der Waals surface area contributed by atoms with Crippen LogP contribution in [-0.2, 0) is 0 Å². The Balaban J connectivity index is 1.79. The smallest absolute Gasteiger partial charge is 0.161 e. The number of hydrogen-bond acceptors (Lipinski definition) is 5. The highest BCUT2D eigenvalue weighted by Gasteiger charge is 2.28. The fourth-order valence-electron chi connectivity index (χ4n) is 3.28. The molecule has 0 saturated carbocycles. The van der Waals surface area contributed by atoms with Crippen molar-refractivity contribution in [2.75, 3.05) is 23.5 Å². The van der Waals surface area contributed by atoms with Crippen molar-refractivity contribution in [1.29, 1.82) is 0 Å². The van der Waals surface area contributed by atoms with E-state index in [1.165, 1.54) is 0 Å². The minimum Gasteiger partial charge on any atom is -0.454 e. The lowest BCUT2D eigenvalue weighted by Gasteiger charge is -2.18. The van der Waals surface area contributed by atoms with Gasteiger partial charge < -0.3 is 14.2 Å². The molecule has 112 valence electrons. The normalized spacial score (nSPS) is 14.0. The van der Waals surface area contributed by atoms with E-state index in [2.05, 4.69) is 44.0 Å². The number of hydrogen-bond donors (Lipinski definition) is 0. The van der Waals surface area contributed by atoms with Gasteiger partial charge in [0.1, 0.15) is 17.6 Å². The van der Waals surface area contributed by atoms with E-state index in [0.717, 1.165) is 45.8 Å². The Hall–Kier alpha value is -3.08. The molecule has 2 aromatic heterocycles. The first-order valence-electron chi connectivity index (χ1n) is 7.52. The molecule has 5 heteroatoms. The maximum absolute atomic E-state index is 6.14. The molecule has 3 heterocycles. The average molecular weight is 302 g/mol. The summed E-state index contributed by atoms with van der Waals surface area (Å²) in [6.45, 7) is 0.726. The predicted octanol–water partition coefficient (Wildman–Crippen LogP) is 3.92. The minimum absolute atomic E-state index is 0.726. The van der Waals surface area contributed by atoms with Crippen LogP contribution in [0.25, 0.3) is 21.9 Å². The van der Waals surface area contributed by atoms with E-state index >= 15 is 0 Å². The van der Waals surface area contributed by atoms with E-state index in [-0.39, 0.29) is 0 Å². The molecule has 0 spiro atoms. The van der Waals surface area contributed by atoms with Gasteiger partial charge in [0.15, 0.2) is 11.4 Å². The first kappa shape index (κ1) is 12.5. The highest BCUT2D eigenvalue weighted by Crippen LogP contribution is 2.42. The monoisotopic (exact) mass is 302 g/mol. The topological polar surface area (TPSA) is 45.4 Å². The van der Waals surface area contributed by atoms with Gasteiger partial charge in [-0.3, -0.25) is 0 Å². The summed E-state index contributed by atoms with van der Waals surface area (Å²) < 4.78 is 6.14. The summed E-state index contributed by atoms with van der Waals surface area (Å²) in [5.41, 5.74) is 3.86. The SMILES string of the molecule is CN1CN(c2cccc3c2oc2ccccc23)c2ncncc21. The summed E-state index contributed by atoms with van der Waals surface area (Å²) >= 11 is 0. The van der Waals surface area contributed by atoms with Gasteiger partial charge in [0.25, 0.3) is 0 Å². The Morgan fingerprint density at radius 1 is 1.00 bits per heavy atom. The summed E-state index contributed by atoms with van der Waals surface area (Å²) in [6, 6.07) is 14.4. The predicted molar refractivity (Wildman–Crippen MR) is 91.2 cm³/mol. The minimum atomic E-state index is 0.726. The van der Waals surface area contributed by atoms with Crippen molar-refractivity contribution in [2.45, 2.75) is 0 Å². The molecule has 23 heavy (non-hydrogen) atoms. The van der Waals surface area contributed by atoms with Crippen LogP contribution in [0.15, 0.2) is 59.4 Å². The number of nitrogens with zero attached hydrogens (tertiary/aromatic N) is 4. The summed E-state index contributed by atoms with van der Waals surface area (Å²) in [6.07, 6.45) is 3.44. The molecule has 4 aromatic rings. The first-order chi connectivity index (χ1) is 11.3. The molecule has 2 aromatic carbocycles. The Kier molecular flexibility index (Phi) is 2.42. The van der Waals surface area contributed by atoms with Crippen LogP contribution in [-0.4, -0.2) is 23.7 Å². The Morgan fingerprint density at radius 2 is 1.87 bits per heavy atom. The lowest BCUT2D eigenvalue weighted by Crippen LogP contribution is -2.24. The average Bonchev–Trinajstić information content (AvgIpc) is 3.13. The van der Waals surface area contributed by atoms with Gasteiger partial charge in [-0.15, -0.1) is 0 Å². The number of para-hydroxylation sites is 2. The molecule has 0 radical (unpaired) electrons. The van der Waals surface area contributed by atoms with Crippen LogP contribution in [0.1, 0.15) is 0 Å². The van der Waals surface area contributed by atoms with Gasteiger partial charge in [0, 0.05) is 17.8 Å². The molecule has 1 aliphatic rings. The molecule has 0 unspecified atom stereocenters. The molecule has 0 bridgehead atoms. The van der Waals surface area contributed by atoms with Gasteiger partial charge in [-0.1, -0.05) is 30.3 Å². The van der Waals surface area contributed by atoms with E-state index < -0.39 is 0 Å². The molecule has 5 nitrogen and oxygen atoms in total. The fraction of sp³-hybridized carbons (Fsp3) is 0.111. The molecule has 0 saturated heterocycles. The van der Waals surface area contributed by atoms with Crippen molar-refractivity contribution in [3.63, 3.8) is 0 Å². The second-order valence-electron chi connectivity index (χ2n) is 5.75. The number of anilines is 3. The number of furan rings is 1. The van der Waals surface area contributed by atoms with E-state index in [0.29, 0.717) is 0 Å². The highest BCUT2D eigenvalue weighted by atomic mass is 16.3. The lowest BCUT2D eigenvalue weighted by atomic mass is 10.1. The molecule has 5 rings (SSSR count). The van der Waals surface area contributed by atoms with E-state index in [4.69, 9.17) is 4.42 Å². The molecule has 0 fully saturated rings. The standard InChI is InChI=1S/C18H14N4O/c1-21-11-22(18-15(21)9-19-10-20-18)14-7-4-6-13-12-5-2-3-8-16(12)23-17(13)14/h2-10H,11H2,1H3. The Bertz CT molecular complexity index is 1040. The quantitative estimate of drug-likeness (QED) is 0.533. The summed E-state index contributed by atoms with van der Waals surface area (Å²) in [7, 11) is 2.04. The zero-order valence-electron chi connectivity index (χ0n) is 12.6. The van der Waals surface area contributed by atoms with Gasteiger partial charge in [0.05, 0.1) is 18.6 Å². The third-order valence-electron chi connectivity index (χ3n) is 4.37. The van der Waals surface area contributed by atoms with Crippen LogP contribution < -0.4 is 9.80 Å². The Morgan fingerprint density at radius 3 is 2.83 bits per heavy atom. The number of benzene rings is 2. The maximum Gasteiger partial charge on any atom is 0.161 e. The first-order valence-corrected chi connectivity index (χ1v) is 7.52. The van der Waals surface area contributed by atoms with Crippen LogP contribution >= 0.6 is 0 Å². The molecule has 0 amide bonds. The van der Waals surface area contributed by atoms with Gasteiger partial charge in [-0.25, -0.2) is 9.97 Å². The van der Waals surface area contributed by atoms with E-state index in [1.54, 1.807) is 6.33 Å². The van der Waals surface area contributed by atoms with Crippen LogP contribution in [0.5, 0.6) is 0 Å². The van der Waals surface area contributed by atoms with Gasteiger partial charge in [-0.2, -0.15) is 0 Å². The number of aromatic nitrogens is 2.